The van der Waals surface area contributed by atoms with Crippen molar-refractivity contribution in [2.45, 2.75) is 13.8 Å². The summed E-state index contributed by atoms with van der Waals surface area (Å²) in [5.74, 6) is 0. The van der Waals surface area contributed by atoms with Crippen molar-refractivity contribution in [2.75, 3.05) is 0 Å². The Bertz CT molecular complexity index is 924. The van der Waals surface area contributed by atoms with Gasteiger partial charge in [0, 0.05) is 11.2 Å². The van der Waals surface area contributed by atoms with Crippen molar-refractivity contribution in [1.29, 1.82) is 0 Å². The molecule has 0 atom stereocenters. The van der Waals surface area contributed by atoms with Crippen LogP contribution in [0.25, 0.3) is 11.0 Å². The first-order valence-corrected chi connectivity index (χ1v) is 7.25. The van der Waals surface area contributed by atoms with Gasteiger partial charge in [-0.15, -0.1) is 0 Å². The third kappa shape index (κ3) is 2.81. The van der Waals surface area contributed by atoms with Gasteiger partial charge in [0.15, 0.2) is 0 Å². The third-order valence-electron chi connectivity index (χ3n) is 3.47. The zero-order valence-electron chi connectivity index (χ0n) is 12.3. The smallest absolute Gasteiger partial charge is 0.201 e. The second-order valence-corrected chi connectivity index (χ2v) is 5.62. The number of hydrogen-bond acceptors (Lipinski definition) is 3. The fourth-order valence-electron chi connectivity index (χ4n) is 2.13. The monoisotopic (exact) mass is 311 g/mol. The van der Waals surface area contributed by atoms with Crippen LogP contribution in [0.3, 0.4) is 0 Å². The molecule has 0 fully saturated rings. The number of benzene rings is 2. The summed E-state index contributed by atoms with van der Waals surface area (Å²) in [4.78, 5) is 16.8. The van der Waals surface area contributed by atoms with Gasteiger partial charge in [-0.2, -0.15) is 0 Å². The lowest BCUT2D eigenvalue weighted by Gasteiger charge is -2.02. The molecule has 0 saturated heterocycles. The van der Waals surface area contributed by atoms with Gasteiger partial charge in [0.2, 0.25) is 5.43 Å². The zero-order valence-corrected chi connectivity index (χ0v) is 13.0. The minimum absolute atomic E-state index is 0.140. The van der Waals surface area contributed by atoms with E-state index in [1.165, 1.54) is 12.5 Å². The first-order valence-electron chi connectivity index (χ1n) is 6.87. The Morgan fingerprint density at radius 2 is 1.86 bits per heavy atom. The van der Waals surface area contributed by atoms with Gasteiger partial charge >= 0.3 is 0 Å². The predicted octanol–water partition coefficient (Wildman–Crippen LogP) is 4.81. The molecule has 0 amide bonds. The minimum Gasteiger partial charge on any atom is -0.463 e. The first kappa shape index (κ1) is 14.5. The topological polar surface area (TPSA) is 42.6 Å². The molecule has 3 rings (SSSR count). The van der Waals surface area contributed by atoms with E-state index < -0.39 is 0 Å². The number of aliphatic imine (C=N–C) groups is 1. The number of rotatable bonds is 2. The molecule has 1 heterocycles. The Kier molecular flexibility index (Phi) is 3.82. The van der Waals surface area contributed by atoms with Crippen molar-refractivity contribution in [2.24, 2.45) is 4.99 Å². The maximum Gasteiger partial charge on any atom is 0.201 e. The lowest BCUT2D eigenvalue weighted by molar-refractivity contribution is 0.601. The van der Waals surface area contributed by atoms with Crippen molar-refractivity contribution >= 4 is 34.5 Å². The molecule has 0 aliphatic rings. The maximum absolute atomic E-state index is 12.5. The molecule has 0 spiro atoms. The van der Waals surface area contributed by atoms with Crippen molar-refractivity contribution in [1.82, 2.24) is 0 Å². The Hall–Kier alpha value is -2.39. The fraction of sp³-hybridized carbons (Fsp3) is 0.111. The highest BCUT2D eigenvalue weighted by Gasteiger charge is 2.08. The van der Waals surface area contributed by atoms with Gasteiger partial charge < -0.3 is 4.42 Å². The van der Waals surface area contributed by atoms with E-state index in [1.807, 2.05) is 38.1 Å². The van der Waals surface area contributed by atoms with Crippen LogP contribution in [-0.4, -0.2) is 6.21 Å². The number of halogens is 1. The standard InChI is InChI=1S/C18H14ClNO2/c1-11-3-5-14(6-4-11)20-9-13-10-22-17-7-12(2)16(19)8-15(17)18(13)21/h3-10H,1-2H3. The van der Waals surface area contributed by atoms with Crippen LogP contribution >= 0.6 is 11.6 Å². The number of fused-ring (bicyclic) bond motifs is 1. The molecular weight excluding hydrogens is 298 g/mol. The second kappa shape index (κ2) is 5.78. The highest BCUT2D eigenvalue weighted by atomic mass is 35.5. The largest absolute Gasteiger partial charge is 0.463 e. The molecule has 3 aromatic rings. The number of hydrogen-bond donors (Lipinski definition) is 0. The van der Waals surface area contributed by atoms with Gasteiger partial charge in [-0.1, -0.05) is 29.3 Å². The lowest BCUT2D eigenvalue weighted by atomic mass is 10.1. The SMILES string of the molecule is Cc1ccc(N=Cc2coc3cc(C)c(Cl)cc3c2=O)cc1. The van der Waals surface area contributed by atoms with Crippen LogP contribution in [-0.2, 0) is 0 Å². The Morgan fingerprint density at radius 1 is 1.14 bits per heavy atom. The Morgan fingerprint density at radius 3 is 2.59 bits per heavy atom. The van der Waals surface area contributed by atoms with Crippen LogP contribution in [0, 0.1) is 13.8 Å². The van der Waals surface area contributed by atoms with Gasteiger partial charge in [-0.3, -0.25) is 9.79 Å². The molecule has 3 nitrogen and oxygen atoms in total. The average molecular weight is 312 g/mol. The molecule has 0 bridgehead atoms. The summed E-state index contributed by atoms with van der Waals surface area (Å²) in [5, 5.41) is 1.01. The molecule has 22 heavy (non-hydrogen) atoms. The summed E-state index contributed by atoms with van der Waals surface area (Å²) in [5.41, 5.74) is 3.60. The summed E-state index contributed by atoms with van der Waals surface area (Å²) < 4.78 is 5.52. The van der Waals surface area contributed by atoms with Crippen molar-refractivity contribution in [3.63, 3.8) is 0 Å². The summed E-state index contributed by atoms with van der Waals surface area (Å²) in [6.45, 7) is 3.88. The van der Waals surface area contributed by atoms with Crippen LogP contribution in [0.1, 0.15) is 16.7 Å². The quantitative estimate of drug-likeness (QED) is 0.637. The second-order valence-electron chi connectivity index (χ2n) is 5.21. The number of nitrogens with zero attached hydrogens (tertiary/aromatic N) is 1. The number of aryl methyl sites for hydroxylation is 2. The van der Waals surface area contributed by atoms with Crippen LogP contribution in [0.15, 0.2) is 56.9 Å². The highest BCUT2D eigenvalue weighted by molar-refractivity contribution is 6.32. The molecule has 1 aromatic heterocycles. The summed E-state index contributed by atoms with van der Waals surface area (Å²) in [7, 11) is 0. The third-order valence-corrected chi connectivity index (χ3v) is 3.87. The van der Waals surface area contributed by atoms with Crippen molar-refractivity contribution < 1.29 is 4.42 Å². The van der Waals surface area contributed by atoms with Gasteiger partial charge in [0.1, 0.15) is 11.8 Å². The van der Waals surface area contributed by atoms with Crippen LogP contribution in [0.2, 0.25) is 5.02 Å². The molecule has 0 unspecified atom stereocenters. The molecule has 0 radical (unpaired) electrons. The van der Waals surface area contributed by atoms with Crippen LogP contribution < -0.4 is 5.43 Å². The van der Waals surface area contributed by atoms with E-state index >= 15 is 0 Å². The predicted molar refractivity (Wildman–Crippen MR) is 90.7 cm³/mol. The highest BCUT2D eigenvalue weighted by Crippen LogP contribution is 2.21. The molecule has 0 saturated carbocycles. The van der Waals surface area contributed by atoms with Crippen LogP contribution in [0.4, 0.5) is 5.69 Å². The van der Waals surface area contributed by atoms with E-state index in [9.17, 15) is 4.79 Å². The van der Waals surface area contributed by atoms with E-state index in [4.69, 9.17) is 16.0 Å². The van der Waals surface area contributed by atoms with E-state index in [-0.39, 0.29) is 5.43 Å². The summed E-state index contributed by atoms with van der Waals surface area (Å²) in [6.07, 6.45) is 2.94. The molecule has 0 aliphatic heterocycles. The molecule has 110 valence electrons. The molecule has 0 aliphatic carbocycles. The van der Waals surface area contributed by atoms with E-state index in [2.05, 4.69) is 4.99 Å². The Balaban J connectivity index is 2.04. The molecular formula is C18H14ClNO2. The molecule has 2 aromatic carbocycles. The average Bonchev–Trinajstić information content (AvgIpc) is 2.50. The molecule has 4 heteroatoms. The van der Waals surface area contributed by atoms with Gasteiger partial charge in [-0.25, -0.2) is 0 Å². The Labute approximate surface area is 132 Å². The van der Waals surface area contributed by atoms with E-state index in [0.717, 1.165) is 16.8 Å². The zero-order chi connectivity index (χ0) is 15.7. The van der Waals surface area contributed by atoms with Crippen molar-refractivity contribution in [3.8, 4) is 0 Å². The van der Waals surface area contributed by atoms with Gasteiger partial charge in [-0.05, 0) is 43.7 Å². The van der Waals surface area contributed by atoms with Gasteiger partial charge in [0.25, 0.3) is 0 Å². The normalized spacial score (nSPS) is 11.4. The summed E-state index contributed by atoms with van der Waals surface area (Å²) in [6, 6.07) is 11.1. The van der Waals surface area contributed by atoms with E-state index in [1.54, 1.807) is 12.1 Å². The van der Waals surface area contributed by atoms with Crippen LogP contribution in [0.5, 0.6) is 0 Å². The molecule has 0 N–H and O–H groups in total. The van der Waals surface area contributed by atoms with E-state index in [0.29, 0.717) is 21.6 Å². The maximum atomic E-state index is 12.5. The minimum atomic E-state index is -0.140. The van der Waals surface area contributed by atoms with Gasteiger partial charge in [0.05, 0.1) is 16.6 Å². The van der Waals surface area contributed by atoms with Crippen molar-refractivity contribution in [3.05, 3.63) is 74.6 Å². The summed E-state index contributed by atoms with van der Waals surface area (Å²) >= 11 is 6.09. The first-order chi connectivity index (χ1) is 10.5. The lowest BCUT2D eigenvalue weighted by Crippen LogP contribution is -2.08. The fourth-order valence-corrected chi connectivity index (χ4v) is 2.29.